The maximum atomic E-state index is 10.9. The number of nitrogens with zero attached hydrogens (tertiary/aromatic N) is 2. The van der Waals surface area contributed by atoms with Crippen molar-refractivity contribution in [3.63, 3.8) is 0 Å². The molecule has 0 bridgehead atoms. The molecule has 0 aliphatic heterocycles. The molecule has 1 heterocycles. The summed E-state index contributed by atoms with van der Waals surface area (Å²) < 4.78 is 0. The zero-order valence-corrected chi connectivity index (χ0v) is 8.90. The Kier molecular flexibility index (Phi) is 4.03. The van der Waals surface area contributed by atoms with E-state index in [1.165, 1.54) is 12.3 Å². The van der Waals surface area contributed by atoms with Crippen LogP contribution in [0.3, 0.4) is 0 Å². The number of anilines is 1. The van der Waals surface area contributed by atoms with Crippen LogP contribution in [0.15, 0.2) is 12.3 Å². The van der Waals surface area contributed by atoms with E-state index in [1.807, 2.05) is 6.92 Å². The van der Waals surface area contributed by atoms with Crippen molar-refractivity contribution in [2.75, 3.05) is 5.32 Å². The van der Waals surface area contributed by atoms with Crippen molar-refractivity contribution in [3.8, 4) is 0 Å². The Labute approximate surface area is 88.5 Å². The van der Waals surface area contributed by atoms with Crippen LogP contribution in [0.2, 0.25) is 0 Å². The molecule has 0 radical (unpaired) electrons. The molecule has 0 aliphatic carbocycles. The zero-order chi connectivity index (χ0) is 11.3. The number of nitrogens with one attached hydrogen (secondary N) is 1. The highest BCUT2D eigenvalue weighted by molar-refractivity contribution is 5.92. The highest BCUT2D eigenvalue weighted by atomic mass is 16.4. The molecule has 5 nitrogen and oxygen atoms in total. The average Bonchev–Trinajstić information content (AvgIpc) is 2.18. The summed E-state index contributed by atoms with van der Waals surface area (Å²) in [5.74, 6) is -0.651. The van der Waals surface area contributed by atoms with E-state index in [2.05, 4.69) is 22.4 Å². The molecule has 0 spiro atoms. The van der Waals surface area contributed by atoms with Gasteiger partial charge in [-0.1, -0.05) is 13.3 Å². The van der Waals surface area contributed by atoms with Crippen LogP contribution >= 0.6 is 0 Å². The Balaban J connectivity index is 2.79. The van der Waals surface area contributed by atoms with E-state index in [1.54, 1.807) is 0 Å². The van der Waals surface area contributed by atoms with Crippen molar-refractivity contribution in [1.29, 1.82) is 0 Å². The second-order valence-electron chi connectivity index (χ2n) is 3.43. The summed E-state index contributed by atoms with van der Waals surface area (Å²) in [6, 6.07) is 1.64. The number of aromatic carboxylic acids is 1. The largest absolute Gasteiger partial charge is 0.478 e. The fourth-order valence-corrected chi connectivity index (χ4v) is 1.35. The van der Waals surface area contributed by atoms with E-state index in [-0.39, 0.29) is 11.6 Å². The molecule has 1 aromatic heterocycles. The monoisotopic (exact) mass is 209 g/mol. The molecular weight excluding hydrogens is 194 g/mol. The molecule has 2 N–H and O–H groups in total. The second-order valence-corrected chi connectivity index (χ2v) is 3.43. The minimum atomic E-state index is -0.990. The van der Waals surface area contributed by atoms with E-state index in [9.17, 15) is 4.79 Å². The number of carbonyl (C=O) groups is 1. The first-order chi connectivity index (χ1) is 7.15. The predicted molar refractivity (Wildman–Crippen MR) is 57.0 cm³/mol. The first-order valence-electron chi connectivity index (χ1n) is 4.96. The van der Waals surface area contributed by atoms with Crippen LogP contribution < -0.4 is 5.32 Å². The standard InChI is InChI=1S/C10H15N3O2/c1-3-4-7(2)12-9-8(10(14)15)5-6-11-13-9/h5-7H,3-4H2,1-2H3,(H,12,13)(H,14,15). The summed E-state index contributed by atoms with van der Waals surface area (Å²) in [6.07, 6.45) is 3.38. The van der Waals surface area contributed by atoms with Gasteiger partial charge < -0.3 is 10.4 Å². The van der Waals surface area contributed by atoms with Gasteiger partial charge >= 0.3 is 5.97 Å². The second kappa shape index (κ2) is 5.29. The van der Waals surface area contributed by atoms with Gasteiger partial charge in [0.25, 0.3) is 0 Å². The normalized spacial score (nSPS) is 12.1. The lowest BCUT2D eigenvalue weighted by Crippen LogP contribution is -2.18. The Morgan fingerprint density at radius 2 is 2.40 bits per heavy atom. The van der Waals surface area contributed by atoms with Crippen LogP contribution in [0.4, 0.5) is 5.82 Å². The maximum absolute atomic E-state index is 10.9. The molecule has 0 amide bonds. The molecule has 82 valence electrons. The molecule has 0 saturated carbocycles. The molecule has 0 aliphatic rings. The lowest BCUT2D eigenvalue weighted by atomic mass is 10.2. The summed E-state index contributed by atoms with van der Waals surface area (Å²) >= 11 is 0. The molecule has 5 heteroatoms. The van der Waals surface area contributed by atoms with Gasteiger partial charge in [0.1, 0.15) is 5.56 Å². The third kappa shape index (κ3) is 3.19. The van der Waals surface area contributed by atoms with Crippen molar-refractivity contribution >= 4 is 11.8 Å². The summed E-state index contributed by atoms with van der Waals surface area (Å²) in [6.45, 7) is 4.07. The fourth-order valence-electron chi connectivity index (χ4n) is 1.35. The lowest BCUT2D eigenvalue weighted by molar-refractivity contribution is 0.0697. The van der Waals surface area contributed by atoms with E-state index >= 15 is 0 Å². The smallest absolute Gasteiger partial charge is 0.339 e. The van der Waals surface area contributed by atoms with Gasteiger partial charge in [-0.2, -0.15) is 5.10 Å². The first-order valence-corrected chi connectivity index (χ1v) is 4.96. The minimum Gasteiger partial charge on any atom is -0.478 e. The molecule has 0 saturated heterocycles. The highest BCUT2D eigenvalue weighted by Crippen LogP contribution is 2.12. The van der Waals surface area contributed by atoms with Gasteiger partial charge in [-0.15, -0.1) is 5.10 Å². The Bertz CT molecular complexity index is 341. The number of carboxylic acid groups (broad SMARTS) is 1. The van der Waals surface area contributed by atoms with Gasteiger partial charge in [0.05, 0.1) is 6.20 Å². The highest BCUT2D eigenvalue weighted by Gasteiger charge is 2.12. The first kappa shape index (κ1) is 11.4. The Hall–Kier alpha value is -1.65. The van der Waals surface area contributed by atoms with Crippen molar-refractivity contribution in [3.05, 3.63) is 17.8 Å². The van der Waals surface area contributed by atoms with Gasteiger partial charge in [0.2, 0.25) is 0 Å². The minimum absolute atomic E-state index is 0.160. The van der Waals surface area contributed by atoms with Gasteiger partial charge in [-0.3, -0.25) is 0 Å². The molecule has 1 unspecified atom stereocenters. The number of hydrogen-bond donors (Lipinski definition) is 2. The van der Waals surface area contributed by atoms with Crippen molar-refractivity contribution < 1.29 is 9.90 Å². The zero-order valence-electron chi connectivity index (χ0n) is 8.90. The number of aromatic nitrogens is 2. The van der Waals surface area contributed by atoms with Crippen LogP contribution in [-0.2, 0) is 0 Å². The van der Waals surface area contributed by atoms with Crippen LogP contribution in [0.25, 0.3) is 0 Å². The summed E-state index contributed by atoms with van der Waals surface area (Å²) in [5, 5.41) is 19.4. The molecular formula is C10H15N3O2. The fraction of sp³-hybridized carbons (Fsp3) is 0.500. The van der Waals surface area contributed by atoms with Crippen LogP contribution in [0.1, 0.15) is 37.0 Å². The average molecular weight is 209 g/mol. The summed E-state index contributed by atoms with van der Waals surface area (Å²) in [7, 11) is 0. The van der Waals surface area contributed by atoms with Gasteiger partial charge in [-0.25, -0.2) is 4.79 Å². The SMILES string of the molecule is CCCC(C)Nc1nnccc1C(=O)O. The van der Waals surface area contributed by atoms with Gasteiger partial charge in [0, 0.05) is 6.04 Å². The molecule has 1 atom stereocenters. The lowest BCUT2D eigenvalue weighted by Gasteiger charge is -2.13. The van der Waals surface area contributed by atoms with Gasteiger partial charge in [-0.05, 0) is 19.4 Å². The summed E-state index contributed by atoms with van der Waals surface area (Å²) in [5.41, 5.74) is 0.160. The van der Waals surface area contributed by atoms with Crippen LogP contribution in [0, 0.1) is 0 Å². The van der Waals surface area contributed by atoms with Crippen molar-refractivity contribution in [2.24, 2.45) is 0 Å². The topological polar surface area (TPSA) is 75.1 Å². The van der Waals surface area contributed by atoms with Crippen LogP contribution in [-0.4, -0.2) is 27.3 Å². The Morgan fingerprint density at radius 1 is 1.67 bits per heavy atom. The summed E-state index contributed by atoms with van der Waals surface area (Å²) in [4.78, 5) is 10.9. The molecule has 1 rings (SSSR count). The van der Waals surface area contributed by atoms with E-state index in [0.717, 1.165) is 12.8 Å². The van der Waals surface area contributed by atoms with E-state index in [4.69, 9.17) is 5.11 Å². The Morgan fingerprint density at radius 3 is 3.00 bits per heavy atom. The third-order valence-electron chi connectivity index (χ3n) is 2.06. The maximum Gasteiger partial charge on any atom is 0.339 e. The number of hydrogen-bond acceptors (Lipinski definition) is 4. The predicted octanol–water partition coefficient (Wildman–Crippen LogP) is 1.78. The van der Waals surface area contributed by atoms with Gasteiger partial charge in [0.15, 0.2) is 5.82 Å². The molecule has 1 aromatic rings. The number of carboxylic acids is 1. The van der Waals surface area contributed by atoms with Crippen molar-refractivity contribution in [2.45, 2.75) is 32.7 Å². The van der Waals surface area contributed by atoms with E-state index < -0.39 is 5.97 Å². The van der Waals surface area contributed by atoms with E-state index in [0.29, 0.717) is 5.82 Å². The third-order valence-corrected chi connectivity index (χ3v) is 2.06. The molecule has 15 heavy (non-hydrogen) atoms. The molecule has 0 fully saturated rings. The molecule has 0 aromatic carbocycles. The number of rotatable bonds is 5. The van der Waals surface area contributed by atoms with Crippen molar-refractivity contribution in [1.82, 2.24) is 10.2 Å². The quantitative estimate of drug-likeness (QED) is 0.773. The van der Waals surface area contributed by atoms with Crippen LogP contribution in [0.5, 0.6) is 0 Å².